The van der Waals surface area contributed by atoms with E-state index in [1.165, 1.54) is 4.90 Å². The van der Waals surface area contributed by atoms with Gasteiger partial charge >= 0.3 is 12.1 Å². The fourth-order valence-corrected chi connectivity index (χ4v) is 2.35. The van der Waals surface area contributed by atoms with Crippen LogP contribution < -0.4 is 0 Å². The molecule has 2 aliphatic heterocycles. The summed E-state index contributed by atoms with van der Waals surface area (Å²) in [6, 6.07) is 0. The number of carbonyl (C=O) groups is 2. The van der Waals surface area contributed by atoms with Gasteiger partial charge in [0.1, 0.15) is 17.3 Å². The van der Waals surface area contributed by atoms with E-state index < -0.39 is 41.6 Å². The number of likely N-dealkylation sites (tertiary alicyclic amines) is 1. The summed E-state index contributed by atoms with van der Waals surface area (Å²) in [5, 5.41) is 28.8. The molecule has 2 aliphatic rings. The Balaban J connectivity index is 1.99. The summed E-state index contributed by atoms with van der Waals surface area (Å²) >= 11 is 0. The van der Waals surface area contributed by atoms with Crippen molar-refractivity contribution in [3.05, 3.63) is 0 Å². The molecule has 2 fully saturated rings. The first-order valence-corrected chi connectivity index (χ1v) is 6.26. The molecule has 0 aliphatic carbocycles. The van der Waals surface area contributed by atoms with Crippen molar-refractivity contribution >= 4 is 12.1 Å². The molecule has 1 spiro atoms. The lowest BCUT2D eigenvalue weighted by Gasteiger charge is -2.48. The Labute approximate surface area is 115 Å². The van der Waals surface area contributed by atoms with Crippen LogP contribution in [0.3, 0.4) is 0 Å². The fraction of sp³-hybridized carbons (Fsp3) is 0.833. The summed E-state index contributed by atoms with van der Waals surface area (Å²) in [4.78, 5) is 24.0. The molecular formula is C12H19NO7. The number of aliphatic hydroxyl groups is 2. The molecular weight excluding hydrogens is 270 g/mol. The molecule has 114 valence electrons. The van der Waals surface area contributed by atoms with E-state index in [0.717, 1.165) is 0 Å². The third-order valence-corrected chi connectivity index (χ3v) is 3.47. The molecule has 0 aromatic carbocycles. The summed E-state index contributed by atoms with van der Waals surface area (Å²) < 4.78 is 10.4. The Morgan fingerprint density at radius 1 is 1.35 bits per heavy atom. The summed E-state index contributed by atoms with van der Waals surface area (Å²) in [5.74, 6) is -1.54. The lowest BCUT2D eigenvalue weighted by molar-refractivity contribution is -0.175. The van der Waals surface area contributed by atoms with Crippen LogP contribution in [0.2, 0.25) is 0 Å². The maximum absolute atomic E-state index is 11.8. The van der Waals surface area contributed by atoms with Gasteiger partial charge in [0.2, 0.25) is 5.60 Å². The molecule has 8 nitrogen and oxygen atoms in total. The van der Waals surface area contributed by atoms with Crippen molar-refractivity contribution in [1.82, 2.24) is 4.90 Å². The Bertz CT molecular complexity index is 438. The smallest absolute Gasteiger partial charge is 0.410 e. The molecule has 1 amide bonds. The molecule has 2 atom stereocenters. The minimum atomic E-state index is -2.33. The van der Waals surface area contributed by atoms with Crippen LogP contribution in [0.5, 0.6) is 0 Å². The van der Waals surface area contributed by atoms with Crippen LogP contribution in [-0.4, -0.2) is 74.9 Å². The quantitative estimate of drug-likeness (QED) is 0.577. The normalized spacial score (nSPS) is 32.0. The average Bonchev–Trinajstić information content (AvgIpc) is 2.49. The second-order valence-corrected chi connectivity index (χ2v) is 6.32. The van der Waals surface area contributed by atoms with Gasteiger partial charge in [-0.05, 0) is 20.8 Å². The number of carboxylic acid groups (broad SMARTS) is 1. The van der Waals surface area contributed by atoms with Crippen LogP contribution in [0.25, 0.3) is 0 Å². The van der Waals surface area contributed by atoms with Crippen molar-refractivity contribution in [2.45, 2.75) is 43.7 Å². The Hall–Kier alpha value is -1.38. The topological polar surface area (TPSA) is 117 Å². The van der Waals surface area contributed by atoms with E-state index in [4.69, 9.17) is 14.6 Å². The number of amides is 1. The highest BCUT2D eigenvalue weighted by Gasteiger charge is 2.67. The van der Waals surface area contributed by atoms with Crippen LogP contribution in [0.1, 0.15) is 20.8 Å². The van der Waals surface area contributed by atoms with Gasteiger partial charge in [-0.2, -0.15) is 0 Å². The van der Waals surface area contributed by atoms with Crippen LogP contribution in [0, 0.1) is 0 Å². The highest BCUT2D eigenvalue weighted by molar-refractivity contribution is 5.79. The number of hydrogen-bond acceptors (Lipinski definition) is 6. The molecule has 0 unspecified atom stereocenters. The Morgan fingerprint density at radius 3 is 2.30 bits per heavy atom. The number of hydrogen-bond donors (Lipinski definition) is 3. The van der Waals surface area contributed by atoms with Gasteiger partial charge in [-0.25, -0.2) is 9.59 Å². The van der Waals surface area contributed by atoms with Gasteiger partial charge in [0.15, 0.2) is 0 Å². The monoisotopic (exact) mass is 289 g/mol. The number of rotatable bonds is 1. The van der Waals surface area contributed by atoms with E-state index in [9.17, 15) is 19.8 Å². The second kappa shape index (κ2) is 4.31. The summed E-state index contributed by atoms with van der Waals surface area (Å²) in [7, 11) is 0. The van der Waals surface area contributed by atoms with Gasteiger partial charge in [-0.1, -0.05) is 0 Å². The van der Waals surface area contributed by atoms with Crippen molar-refractivity contribution < 1.29 is 34.4 Å². The van der Waals surface area contributed by atoms with Crippen LogP contribution in [-0.2, 0) is 14.3 Å². The highest BCUT2D eigenvalue weighted by Crippen LogP contribution is 2.40. The third kappa shape index (κ3) is 2.23. The molecule has 0 bridgehead atoms. The zero-order valence-electron chi connectivity index (χ0n) is 11.6. The largest absolute Gasteiger partial charge is 0.479 e. The first-order chi connectivity index (χ1) is 9.00. The van der Waals surface area contributed by atoms with Crippen LogP contribution in [0.15, 0.2) is 0 Å². The molecule has 0 aromatic rings. The van der Waals surface area contributed by atoms with E-state index >= 15 is 0 Å². The third-order valence-electron chi connectivity index (χ3n) is 3.47. The first-order valence-electron chi connectivity index (χ1n) is 6.26. The zero-order valence-corrected chi connectivity index (χ0v) is 11.6. The van der Waals surface area contributed by atoms with Crippen molar-refractivity contribution in [2.75, 3.05) is 19.7 Å². The summed E-state index contributed by atoms with van der Waals surface area (Å²) in [6.45, 7) is 4.64. The molecule has 0 radical (unpaired) electrons. The van der Waals surface area contributed by atoms with E-state index in [1.54, 1.807) is 20.8 Å². The molecule has 20 heavy (non-hydrogen) atoms. The van der Waals surface area contributed by atoms with E-state index in [1.807, 2.05) is 0 Å². The maximum atomic E-state index is 11.8. The summed E-state index contributed by atoms with van der Waals surface area (Å²) in [6.07, 6.45) is -2.16. The van der Waals surface area contributed by atoms with Crippen molar-refractivity contribution in [2.24, 2.45) is 0 Å². The second-order valence-electron chi connectivity index (χ2n) is 6.32. The molecule has 0 saturated carbocycles. The lowest BCUT2D eigenvalue weighted by atomic mass is 9.82. The number of aliphatic hydroxyl groups excluding tert-OH is 1. The van der Waals surface area contributed by atoms with Crippen LogP contribution >= 0.6 is 0 Å². The molecule has 2 heterocycles. The van der Waals surface area contributed by atoms with Crippen molar-refractivity contribution in [3.63, 3.8) is 0 Å². The molecule has 3 N–H and O–H groups in total. The maximum Gasteiger partial charge on any atom is 0.410 e. The predicted octanol–water partition coefficient (Wildman–Crippen LogP) is -0.817. The lowest BCUT2D eigenvalue weighted by Crippen LogP contribution is -2.71. The SMILES string of the molecule is CC(C)(C)OC(=O)N1CC2(C1)OC[C@](O)(C(=O)O)[C@H]2O. The van der Waals surface area contributed by atoms with E-state index in [-0.39, 0.29) is 13.1 Å². The van der Waals surface area contributed by atoms with Gasteiger partial charge in [-0.15, -0.1) is 0 Å². The Kier molecular flexibility index (Phi) is 3.23. The number of aliphatic carboxylic acids is 1. The molecule has 2 saturated heterocycles. The van der Waals surface area contributed by atoms with Crippen molar-refractivity contribution in [1.29, 1.82) is 0 Å². The first kappa shape index (κ1) is 15.0. The molecule has 2 rings (SSSR count). The number of carboxylic acids is 1. The number of carbonyl (C=O) groups excluding carboxylic acids is 1. The Morgan fingerprint density at radius 2 is 1.90 bits per heavy atom. The summed E-state index contributed by atoms with van der Waals surface area (Å²) in [5.41, 5.74) is -4.21. The number of ether oxygens (including phenoxy) is 2. The number of nitrogens with zero attached hydrogens (tertiary/aromatic N) is 1. The van der Waals surface area contributed by atoms with Gasteiger partial charge in [0.05, 0.1) is 19.7 Å². The fourth-order valence-electron chi connectivity index (χ4n) is 2.35. The minimum Gasteiger partial charge on any atom is -0.479 e. The average molecular weight is 289 g/mol. The molecule has 8 heteroatoms. The van der Waals surface area contributed by atoms with Gasteiger partial charge in [-0.3, -0.25) is 0 Å². The minimum absolute atomic E-state index is 0.0152. The van der Waals surface area contributed by atoms with Gasteiger partial charge in [0, 0.05) is 0 Å². The highest BCUT2D eigenvalue weighted by atomic mass is 16.6. The van der Waals surface area contributed by atoms with E-state index in [2.05, 4.69) is 0 Å². The van der Waals surface area contributed by atoms with Gasteiger partial charge in [0.25, 0.3) is 0 Å². The van der Waals surface area contributed by atoms with Crippen molar-refractivity contribution in [3.8, 4) is 0 Å². The standard InChI is InChI=1S/C12H19NO7/c1-10(2,3)20-9(17)13-4-11(5-13)7(14)12(18,6-19-11)8(15)16/h7,14,18H,4-6H2,1-3H3,(H,15,16)/t7-,12+/m0/s1. The van der Waals surface area contributed by atoms with Gasteiger partial charge < -0.3 is 29.7 Å². The van der Waals surface area contributed by atoms with Crippen LogP contribution in [0.4, 0.5) is 4.79 Å². The zero-order chi connectivity index (χ0) is 15.3. The predicted molar refractivity (Wildman–Crippen MR) is 65.1 cm³/mol. The van der Waals surface area contributed by atoms with E-state index in [0.29, 0.717) is 0 Å². The molecule has 0 aromatic heterocycles.